The van der Waals surface area contributed by atoms with Crippen molar-refractivity contribution in [3.05, 3.63) is 126 Å². The van der Waals surface area contributed by atoms with Gasteiger partial charge in [0.1, 0.15) is 18.1 Å². The largest absolute Gasteiger partial charge is 0.496 e. The highest BCUT2D eigenvalue weighted by atomic mass is 16.5. The normalized spacial score (nSPS) is 10.4. The van der Waals surface area contributed by atoms with Crippen LogP contribution in [-0.4, -0.2) is 7.11 Å². The van der Waals surface area contributed by atoms with Crippen molar-refractivity contribution < 1.29 is 9.47 Å². The predicted molar refractivity (Wildman–Crippen MR) is 124 cm³/mol. The molecular weight excluding hydrogens is 368 g/mol. The molecule has 148 valence electrons. The van der Waals surface area contributed by atoms with Gasteiger partial charge >= 0.3 is 0 Å². The van der Waals surface area contributed by atoms with Crippen molar-refractivity contribution in [3.8, 4) is 22.6 Å². The van der Waals surface area contributed by atoms with Crippen LogP contribution in [0.4, 0.5) is 0 Å². The second-order valence-corrected chi connectivity index (χ2v) is 7.00. The average molecular weight is 392 g/mol. The molecule has 0 amide bonds. The summed E-state index contributed by atoms with van der Waals surface area (Å²) in [7, 11) is 1.68. The van der Waals surface area contributed by atoms with E-state index in [1.54, 1.807) is 7.11 Å². The molecule has 2 heteroatoms. The van der Waals surface area contributed by atoms with Crippen molar-refractivity contribution in [2.75, 3.05) is 7.11 Å². The van der Waals surface area contributed by atoms with Crippen LogP contribution in [0.25, 0.3) is 16.7 Å². The number of hydrogen-bond acceptors (Lipinski definition) is 2. The third-order valence-electron chi connectivity index (χ3n) is 5.08. The van der Waals surface area contributed by atoms with E-state index in [0.717, 1.165) is 44.9 Å². The lowest BCUT2D eigenvalue weighted by atomic mass is 9.93. The van der Waals surface area contributed by atoms with Crippen LogP contribution in [-0.2, 0) is 6.61 Å². The topological polar surface area (TPSA) is 18.5 Å². The Hall–Kier alpha value is -3.78. The maximum Gasteiger partial charge on any atom is 0.135 e. The number of ether oxygens (including phenoxy) is 2. The molecule has 0 spiro atoms. The summed E-state index contributed by atoms with van der Waals surface area (Å²) in [6.45, 7) is 4.88. The summed E-state index contributed by atoms with van der Waals surface area (Å²) in [6.07, 6.45) is 0. The van der Waals surface area contributed by atoms with Crippen LogP contribution >= 0.6 is 0 Å². The number of methoxy groups -OCH3 is 1. The molecule has 0 bridgehead atoms. The molecule has 30 heavy (non-hydrogen) atoms. The van der Waals surface area contributed by atoms with Crippen molar-refractivity contribution in [3.63, 3.8) is 0 Å². The Bertz CT molecular complexity index is 1130. The zero-order chi connectivity index (χ0) is 20.8. The first kappa shape index (κ1) is 19.5. The van der Waals surface area contributed by atoms with E-state index in [9.17, 15) is 0 Å². The van der Waals surface area contributed by atoms with Gasteiger partial charge in [0, 0.05) is 16.7 Å². The summed E-state index contributed by atoms with van der Waals surface area (Å²) in [6, 6.07) is 34.6. The first-order valence-corrected chi connectivity index (χ1v) is 9.96. The Morgan fingerprint density at radius 1 is 0.700 bits per heavy atom. The molecule has 0 fully saturated rings. The molecule has 0 radical (unpaired) electrons. The standard InChI is InChI=1S/C28H24O2/c1-21(24-16-9-10-19-27(24)29-2)25-17-11-18-26(23-14-7-4-8-15-23)28(25)30-20-22-12-5-3-6-13-22/h3-19H,1,20H2,2H3. The van der Waals surface area contributed by atoms with Gasteiger partial charge < -0.3 is 9.47 Å². The molecule has 2 nitrogen and oxygen atoms in total. The first-order valence-electron chi connectivity index (χ1n) is 9.96. The van der Waals surface area contributed by atoms with Gasteiger partial charge in [-0.1, -0.05) is 104 Å². The zero-order valence-corrected chi connectivity index (χ0v) is 17.0. The maximum atomic E-state index is 6.42. The van der Waals surface area contributed by atoms with Gasteiger partial charge in [-0.15, -0.1) is 0 Å². The molecule has 4 aromatic carbocycles. The van der Waals surface area contributed by atoms with Crippen molar-refractivity contribution in [2.45, 2.75) is 6.61 Å². The third-order valence-corrected chi connectivity index (χ3v) is 5.08. The lowest BCUT2D eigenvalue weighted by Gasteiger charge is -2.19. The summed E-state index contributed by atoms with van der Waals surface area (Å²) in [4.78, 5) is 0. The van der Waals surface area contributed by atoms with Gasteiger partial charge in [-0.05, 0) is 22.8 Å². The summed E-state index contributed by atoms with van der Waals surface area (Å²) in [5.41, 5.74) is 6.05. The van der Waals surface area contributed by atoms with Crippen LogP contribution in [0.15, 0.2) is 110 Å². The molecule has 0 saturated carbocycles. The van der Waals surface area contributed by atoms with Crippen LogP contribution in [0.1, 0.15) is 16.7 Å². The van der Waals surface area contributed by atoms with Crippen molar-refractivity contribution in [1.29, 1.82) is 0 Å². The van der Waals surface area contributed by atoms with Gasteiger partial charge in [-0.25, -0.2) is 0 Å². The van der Waals surface area contributed by atoms with Crippen molar-refractivity contribution in [1.82, 2.24) is 0 Å². The number of benzene rings is 4. The van der Waals surface area contributed by atoms with E-state index in [1.807, 2.05) is 66.7 Å². The van der Waals surface area contributed by atoms with E-state index < -0.39 is 0 Å². The Balaban J connectivity index is 1.80. The van der Waals surface area contributed by atoms with Crippen LogP contribution < -0.4 is 9.47 Å². The molecule has 0 atom stereocenters. The molecule has 0 saturated heterocycles. The van der Waals surface area contributed by atoms with E-state index in [0.29, 0.717) is 6.61 Å². The minimum atomic E-state index is 0.483. The minimum absolute atomic E-state index is 0.483. The molecule has 0 aromatic heterocycles. The second-order valence-electron chi connectivity index (χ2n) is 7.00. The van der Waals surface area contributed by atoms with E-state index in [2.05, 4.69) is 43.0 Å². The molecule has 0 N–H and O–H groups in total. The van der Waals surface area contributed by atoms with Crippen molar-refractivity contribution >= 4 is 5.57 Å². The molecular formula is C28H24O2. The smallest absolute Gasteiger partial charge is 0.135 e. The molecule has 0 aliphatic carbocycles. The predicted octanol–water partition coefficient (Wildman–Crippen LogP) is 7.00. The molecule has 0 heterocycles. The molecule has 4 rings (SSSR count). The number of rotatable bonds is 7. The minimum Gasteiger partial charge on any atom is -0.496 e. The Labute approximate surface area is 178 Å². The molecule has 0 aliphatic rings. The van der Waals surface area contributed by atoms with Gasteiger partial charge in [-0.2, -0.15) is 0 Å². The highest BCUT2D eigenvalue weighted by molar-refractivity contribution is 5.88. The summed E-state index contributed by atoms with van der Waals surface area (Å²) < 4.78 is 12.0. The Morgan fingerprint density at radius 3 is 2.07 bits per heavy atom. The Morgan fingerprint density at radius 2 is 1.33 bits per heavy atom. The Kier molecular flexibility index (Phi) is 5.95. The fraction of sp³-hybridized carbons (Fsp3) is 0.0714. The number of hydrogen-bond donors (Lipinski definition) is 0. The molecule has 0 aliphatic heterocycles. The molecule has 0 unspecified atom stereocenters. The van der Waals surface area contributed by atoms with Gasteiger partial charge in [0.15, 0.2) is 0 Å². The lowest BCUT2D eigenvalue weighted by Crippen LogP contribution is -2.01. The fourth-order valence-corrected chi connectivity index (χ4v) is 3.54. The second kappa shape index (κ2) is 9.15. The van der Waals surface area contributed by atoms with E-state index in [4.69, 9.17) is 9.47 Å². The number of para-hydroxylation sites is 2. The fourth-order valence-electron chi connectivity index (χ4n) is 3.54. The van der Waals surface area contributed by atoms with Gasteiger partial charge in [0.05, 0.1) is 7.11 Å². The van der Waals surface area contributed by atoms with Crippen LogP contribution in [0, 0.1) is 0 Å². The van der Waals surface area contributed by atoms with Gasteiger partial charge in [0.2, 0.25) is 0 Å². The van der Waals surface area contributed by atoms with Gasteiger partial charge in [-0.3, -0.25) is 0 Å². The van der Waals surface area contributed by atoms with E-state index >= 15 is 0 Å². The van der Waals surface area contributed by atoms with Gasteiger partial charge in [0.25, 0.3) is 0 Å². The quantitative estimate of drug-likeness (QED) is 0.337. The SMILES string of the molecule is C=C(c1ccccc1OC)c1cccc(-c2ccccc2)c1OCc1ccccc1. The highest BCUT2D eigenvalue weighted by Gasteiger charge is 2.17. The zero-order valence-electron chi connectivity index (χ0n) is 17.0. The summed E-state index contributed by atoms with van der Waals surface area (Å²) in [5, 5.41) is 0. The van der Waals surface area contributed by atoms with Crippen molar-refractivity contribution in [2.24, 2.45) is 0 Å². The third kappa shape index (κ3) is 4.13. The van der Waals surface area contributed by atoms with E-state index in [1.165, 1.54) is 0 Å². The van der Waals surface area contributed by atoms with E-state index in [-0.39, 0.29) is 0 Å². The lowest BCUT2D eigenvalue weighted by molar-refractivity contribution is 0.306. The molecule has 4 aromatic rings. The maximum absolute atomic E-state index is 6.42. The van der Waals surface area contributed by atoms with Crippen LogP contribution in [0.3, 0.4) is 0 Å². The monoisotopic (exact) mass is 392 g/mol. The highest BCUT2D eigenvalue weighted by Crippen LogP contribution is 2.40. The van der Waals surface area contributed by atoms with Crippen LogP contribution in [0.2, 0.25) is 0 Å². The summed E-state index contributed by atoms with van der Waals surface area (Å²) in [5.74, 6) is 1.62. The summed E-state index contributed by atoms with van der Waals surface area (Å²) >= 11 is 0. The van der Waals surface area contributed by atoms with Crippen LogP contribution in [0.5, 0.6) is 11.5 Å². The first-order chi connectivity index (χ1) is 14.8. The average Bonchev–Trinajstić information content (AvgIpc) is 2.83.